The van der Waals surface area contributed by atoms with Crippen LogP contribution in [-0.4, -0.2) is 12.8 Å². The fraction of sp³-hybridized carbons (Fsp3) is 0.667. The molecule has 0 radical (unpaired) electrons. The highest BCUT2D eigenvalue weighted by Crippen LogP contribution is 2.13. The van der Waals surface area contributed by atoms with Crippen LogP contribution in [0.15, 0.2) is 17.1 Å². The average molecular weight is 139 g/mol. The predicted octanol–water partition coefficient (Wildman–Crippen LogP) is 2.68. The number of hydrogen-bond donors (Lipinski definition) is 0. The van der Waals surface area contributed by atoms with E-state index in [2.05, 4.69) is 31.8 Å². The number of hydrogen-bond acceptors (Lipinski definition) is 1. The number of nitrogens with zero attached hydrogens (tertiary/aromatic N) is 1. The van der Waals surface area contributed by atoms with Crippen LogP contribution in [0.5, 0.6) is 0 Å². The predicted molar refractivity (Wildman–Crippen MR) is 47.6 cm³/mol. The Hall–Kier alpha value is -0.590. The Morgan fingerprint density at radius 3 is 2.30 bits per heavy atom. The standard InChI is InChI=1S/C9H17N/c1-5-10-8-6-7-9(2,3)4/h6-8H,5H2,1-4H3/b7-6-,10-8?. The molecule has 0 rings (SSSR count). The van der Waals surface area contributed by atoms with E-state index >= 15 is 0 Å². The van der Waals surface area contributed by atoms with Gasteiger partial charge < -0.3 is 0 Å². The molecule has 0 aliphatic carbocycles. The van der Waals surface area contributed by atoms with Gasteiger partial charge in [-0.25, -0.2) is 0 Å². The molecule has 0 aromatic rings. The van der Waals surface area contributed by atoms with E-state index in [1.165, 1.54) is 0 Å². The lowest BCUT2D eigenvalue weighted by molar-refractivity contribution is 0.545. The van der Waals surface area contributed by atoms with E-state index < -0.39 is 0 Å². The average Bonchev–Trinajstić information content (AvgIpc) is 1.78. The SMILES string of the molecule is CCN=C/C=C\C(C)(C)C. The second kappa shape index (κ2) is 4.26. The molecule has 0 amide bonds. The van der Waals surface area contributed by atoms with Gasteiger partial charge >= 0.3 is 0 Å². The Morgan fingerprint density at radius 1 is 1.30 bits per heavy atom. The van der Waals surface area contributed by atoms with E-state index in [1.807, 2.05) is 19.2 Å². The Morgan fingerprint density at radius 2 is 1.90 bits per heavy atom. The van der Waals surface area contributed by atoms with E-state index in [4.69, 9.17) is 0 Å². The molecule has 0 aromatic heterocycles. The zero-order valence-electron chi connectivity index (χ0n) is 7.39. The summed E-state index contributed by atoms with van der Waals surface area (Å²) in [6.07, 6.45) is 6.00. The third-order valence-corrected chi connectivity index (χ3v) is 0.970. The molecule has 0 fully saturated rings. The normalized spacial score (nSPS) is 13.6. The van der Waals surface area contributed by atoms with Crippen molar-refractivity contribution in [3.8, 4) is 0 Å². The fourth-order valence-electron chi connectivity index (χ4n) is 0.498. The zero-order valence-corrected chi connectivity index (χ0v) is 7.39. The highest BCUT2D eigenvalue weighted by molar-refractivity contribution is 5.71. The Labute approximate surface area is 63.9 Å². The van der Waals surface area contributed by atoms with Gasteiger partial charge in [0.2, 0.25) is 0 Å². The van der Waals surface area contributed by atoms with Gasteiger partial charge in [-0.05, 0) is 18.4 Å². The van der Waals surface area contributed by atoms with Crippen LogP contribution in [0.25, 0.3) is 0 Å². The van der Waals surface area contributed by atoms with Gasteiger partial charge in [-0.15, -0.1) is 0 Å². The molecule has 0 spiro atoms. The van der Waals surface area contributed by atoms with Crippen molar-refractivity contribution in [1.82, 2.24) is 0 Å². The lowest BCUT2D eigenvalue weighted by Crippen LogP contribution is -1.98. The summed E-state index contributed by atoms with van der Waals surface area (Å²) in [7, 11) is 0. The third kappa shape index (κ3) is 7.41. The van der Waals surface area contributed by atoms with Crippen molar-refractivity contribution >= 4 is 6.21 Å². The molecular formula is C9H17N. The molecule has 1 nitrogen and oxygen atoms in total. The van der Waals surface area contributed by atoms with Crippen LogP contribution in [0.2, 0.25) is 0 Å². The topological polar surface area (TPSA) is 12.4 Å². The Bertz CT molecular complexity index is 126. The summed E-state index contributed by atoms with van der Waals surface area (Å²) in [5.41, 5.74) is 0.278. The monoisotopic (exact) mass is 139 g/mol. The van der Waals surface area contributed by atoms with Gasteiger partial charge in [0.05, 0.1) is 0 Å². The van der Waals surface area contributed by atoms with Crippen molar-refractivity contribution in [2.75, 3.05) is 6.54 Å². The van der Waals surface area contributed by atoms with Crippen molar-refractivity contribution in [1.29, 1.82) is 0 Å². The van der Waals surface area contributed by atoms with E-state index in [0.29, 0.717) is 0 Å². The van der Waals surface area contributed by atoms with Crippen LogP contribution in [-0.2, 0) is 0 Å². The minimum absolute atomic E-state index is 0.278. The molecule has 0 atom stereocenters. The van der Waals surface area contributed by atoms with Gasteiger partial charge in [-0.3, -0.25) is 4.99 Å². The first kappa shape index (κ1) is 9.41. The van der Waals surface area contributed by atoms with Gasteiger partial charge in [0.15, 0.2) is 0 Å². The maximum Gasteiger partial charge on any atom is 0.0360 e. The van der Waals surface area contributed by atoms with Gasteiger partial charge in [0.25, 0.3) is 0 Å². The van der Waals surface area contributed by atoms with Crippen LogP contribution < -0.4 is 0 Å². The van der Waals surface area contributed by atoms with Crippen LogP contribution in [0.1, 0.15) is 27.7 Å². The van der Waals surface area contributed by atoms with E-state index in [0.717, 1.165) is 6.54 Å². The molecule has 58 valence electrons. The molecule has 0 aliphatic rings. The molecule has 0 saturated heterocycles. The van der Waals surface area contributed by atoms with E-state index in [1.54, 1.807) is 0 Å². The maximum atomic E-state index is 4.06. The zero-order chi connectivity index (χ0) is 8.04. The minimum atomic E-state index is 0.278. The summed E-state index contributed by atoms with van der Waals surface area (Å²) in [6, 6.07) is 0. The number of allylic oxidation sites excluding steroid dienone is 2. The van der Waals surface area contributed by atoms with Crippen molar-refractivity contribution < 1.29 is 0 Å². The van der Waals surface area contributed by atoms with Crippen LogP contribution in [0, 0.1) is 5.41 Å². The van der Waals surface area contributed by atoms with Crippen LogP contribution in [0.3, 0.4) is 0 Å². The van der Waals surface area contributed by atoms with E-state index in [-0.39, 0.29) is 5.41 Å². The van der Waals surface area contributed by atoms with Gasteiger partial charge in [-0.2, -0.15) is 0 Å². The van der Waals surface area contributed by atoms with Gasteiger partial charge in [-0.1, -0.05) is 26.8 Å². The highest BCUT2D eigenvalue weighted by atomic mass is 14.7. The molecular weight excluding hydrogens is 122 g/mol. The second-order valence-electron chi connectivity index (χ2n) is 3.37. The molecule has 0 heterocycles. The first-order chi connectivity index (χ1) is 4.56. The molecule has 10 heavy (non-hydrogen) atoms. The van der Waals surface area contributed by atoms with E-state index in [9.17, 15) is 0 Å². The molecule has 0 aromatic carbocycles. The summed E-state index contributed by atoms with van der Waals surface area (Å²) >= 11 is 0. The summed E-state index contributed by atoms with van der Waals surface area (Å²) in [5.74, 6) is 0. The first-order valence-corrected chi connectivity index (χ1v) is 3.74. The van der Waals surface area contributed by atoms with Crippen molar-refractivity contribution in [2.24, 2.45) is 10.4 Å². The summed E-state index contributed by atoms with van der Waals surface area (Å²) in [6.45, 7) is 9.41. The quantitative estimate of drug-likeness (QED) is 0.521. The Balaban J connectivity index is 3.66. The highest BCUT2D eigenvalue weighted by Gasteiger charge is 2.01. The van der Waals surface area contributed by atoms with Crippen LogP contribution >= 0.6 is 0 Å². The molecule has 0 N–H and O–H groups in total. The molecule has 0 saturated carbocycles. The van der Waals surface area contributed by atoms with Gasteiger partial charge in [0, 0.05) is 12.8 Å². The molecule has 0 unspecified atom stereocenters. The minimum Gasteiger partial charge on any atom is -0.293 e. The summed E-state index contributed by atoms with van der Waals surface area (Å²) in [5, 5.41) is 0. The van der Waals surface area contributed by atoms with Crippen molar-refractivity contribution in [2.45, 2.75) is 27.7 Å². The van der Waals surface area contributed by atoms with Crippen molar-refractivity contribution in [3.05, 3.63) is 12.2 Å². The summed E-state index contributed by atoms with van der Waals surface area (Å²) < 4.78 is 0. The summed E-state index contributed by atoms with van der Waals surface area (Å²) in [4.78, 5) is 4.06. The number of rotatable bonds is 2. The van der Waals surface area contributed by atoms with Gasteiger partial charge in [0.1, 0.15) is 0 Å². The largest absolute Gasteiger partial charge is 0.293 e. The first-order valence-electron chi connectivity index (χ1n) is 3.74. The number of aliphatic imine (C=N–C) groups is 1. The van der Waals surface area contributed by atoms with Crippen LogP contribution in [0.4, 0.5) is 0 Å². The third-order valence-electron chi connectivity index (χ3n) is 0.970. The maximum absolute atomic E-state index is 4.06. The lowest BCUT2D eigenvalue weighted by Gasteiger charge is -2.09. The molecule has 0 bridgehead atoms. The molecule has 0 aliphatic heterocycles. The van der Waals surface area contributed by atoms with Crippen molar-refractivity contribution in [3.63, 3.8) is 0 Å². The second-order valence-corrected chi connectivity index (χ2v) is 3.37. The molecule has 1 heteroatoms. The Kier molecular flexibility index (Phi) is 4.01. The fourth-order valence-corrected chi connectivity index (χ4v) is 0.498. The lowest BCUT2D eigenvalue weighted by atomic mass is 9.97. The smallest absolute Gasteiger partial charge is 0.0360 e.